The van der Waals surface area contributed by atoms with Crippen molar-refractivity contribution in [3.8, 4) is 23.0 Å². The normalized spacial score (nSPS) is 26.5. The van der Waals surface area contributed by atoms with E-state index >= 15 is 0 Å². The van der Waals surface area contributed by atoms with Crippen LogP contribution < -0.4 is 9.47 Å². The Morgan fingerprint density at radius 2 is 1.51 bits per heavy atom. The molecule has 2 aromatic carbocycles. The lowest BCUT2D eigenvalue weighted by atomic mass is 9.66. The topological polar surface area (TPSA) is 112 Å². The van der Waals surface area contributed by atoms with Gasteiger partial charge in [-0.3, -0.25) is 9.59 Å². The zero-order valence-corrected chi connectivity index (χ0v) is 24.3. The molecule has 8 heteroatoms. The molecule has 0 unspecified atom stereocenters. The number of aromatic hydroxyl groups is 2. The molecule has 2 saturated carbocycles. The molecule has 2 N–H and O–H groups in total. The molecule has 2 fully saturated rings. The van der Waals surface area contributed by atoms with Gasteiger partial charge in [0.2, 0.25) is 0 Å². The first-order valence-corrected chi connectivity index (χ1v) is 14.9. The van der Waals surface area contributed by atoms with E-state index in [1.807, 2.05) is 18.2 Å². The van der Waals surface area contributed by atoms with E-state index in [2.05, 4.69) is 0 Å². The number of phenolic OH excluding ortho intramolecular Hbond substituents is 2. The standard InChI is InChI=1S/C33H42O8/c1-19(34)40-30-18-26(41-33(37)20-7-5-4-6-8-20)13-22(21-9-10-28(35)31(16-21)38-2)11-25-12-23-15-29(36)32(39-3)17-24(23)14-27(25)30/h9-10,15-17,20,22,25-27,30,35-36H,4-8,11-14,18H2,1-3H3/t22-,25-,26-,27-,30-/m0/s1. The maximum Gasteiger partial charge on any atom is 0.309 e. The van der Waals surface area contributed by atoms with Gasteiger partial charge in [0, 0.05) is 19.3 Å². The molecule has 2 aromatic rings. The highest BCUT2D eigenvalue weighted by molar-refractivity contribution is 5.72. The van der Waals surface area contributed by atoms with Gasteiger partial charge in [0.25, 0.3) is 0 Å². The Kier molecular flexibility index (Phi) is 8.95. The van der Waals surface area contributed by atoms with Gasteiger partial charge in [-0.05, 0) is 91.3 Å². The Labute approximate surface area is 242 Å². The lowest BCUT2D eigenvalue weighted by molar-refractivity contribution is -0.163. The first-order chi connectivity index (χ1) is 19.7. The first kappa shape index (κ1) is 29.1. The quantitative estimate of drug-likeness (QED) is 0.420. The van der Waals surface area contributed by atoms with Gasteiger partial charge in [-0.15, -0.1) is 0 Å². The fourth-order valence-corrected chi connectivity index (χ4v) is 7.32. The van der Waals surface area contributed by atoms with Crippen LogP contribution in [-0.4, -0.2) is 48.6 Å². The summed E-state index contributed by atoms with van der Waals surface area (Å²) in [6.07, 6.45) is 7.25. The van der Waals surface area contributed by atoms with Crippen LogP contribution in [0.3, 0.4) is 0 Å². The van der Waals surface area contributed by atoms with Gasteiger partial charge in [-0.2, -0.15) is 0 Å². The first-order valence-electron chi connectivity index (χ1n) is 14.9. The van der Waals surface area contributed by atoms with E-state index in [4.69, 9.17) is 18.9 Å². The molecule has 0 amide bonds. The van der Waals surface area contributed by atoms with Crippen molar-refractivity contribution < 1.29 is 38.7 Å². The number of rotatable bonds is 6. The van der Waals surface area contributed by atoms with Crippen molar-refractivity contribution in [2.24, 2.45) is 17.8 Å². The number of carbonyl (C=O) groups excluding carboxylic acids is 2. The number of hydrogen-bond donors (Lipinski definition) is 2. The maximum absolute atomic E-state index is 13.3. The molecule has 41 heavy (non-hydrogen) atoms. The SMILES string of the molecule is COc1cc([C@@H]2C[C@H](OC(=O)C3CCCCC3)C[C@H](OC(C)=O)[C@H]3Cc4cc(OC)c(O)cc4C[C@@H]3C2)ccc1O. The predicted octanol–water partition coefficient (Wildman–Crippen LogP) is 5.84. The van der Waals surface area contributed by atoms with Crippen LogP contribution in [0.4, 0.5) is 0 Å². The third kappa shape index (κ3) is 6.57. The van der Waals surface area contributed by atoms with Crippen molar-refractivity contribution in [1.29, 1.82) is 0 Å². The van der Waals surface area contributed by atoms with Gasteiger partial charge in [-0.1, -0.05) is 25.3 Å². The Bertz CT molecular complexity index is 1250. The van der Waals surface area contributed by atoms with E-state index in [0.717, 1.165) is 55.2 Å². The molecule has 0 aromatic heterocycles. The molecule has 0 heterocycles. The minimum Gasteiger partial charge on any atom is -0.504 e. The summed E-state index contributed by atoms with van der Waals surface area (Å²) in [5, 5.41) is 20.7. The maximum atomic E-state index is 13.3. The Morgan fingerprint density at radius 1 is 0.805 bits per heavy atom. The summed E-state index contributed by atoms with van der Waals surface area (Å²) in [6, 6.07) is 9.10. The van der Waals surface area contributed by atoms with E-state index < -0.39 is 12.2 Å². The Morgan fingerprint density at radius 3 is 2.22 bits per heavy atom. The average molecular weight is 567 g/mol. The Balaban J connectivity index is 1.51. The van der Waals surface area contributed by atoms with E-state index in [1.54, 1.807) is 12.1 Å². The third-order valence-corrected chi connectivity index (χ3v) is 9.37. The van der Waals surface area contributed by atoms with E-state index in [-0.39, 0.29) is 47.1 Å². The van der Waals surface area contributed by atoms with E-state index in [9.17, 15) is 19.8 Å². The molecule has 0 saturated heterocycles. The van der Waals surface area contributed by atoms with Gasteiger partial charge in [-0.25, -0.2) is 0 Å². The van der Waals surface area contributed by atoms with Crippen LogP contribution in [0.1, 0.15) is 80.9 Å². The molecule has 3 aliphatic carbocycles. The number of benzene rings is 2. The number of hydrogen-bond acceptors (Lipinski definition) is 8. The monoisotopic (exact) mass is 566 g/mol. The summed E-state index contributed by atoms with van der Waals surface area (Å²) < 4.78 is 23.0. The molecular weight excluding hydrogens is 524 g/mol. The highest BCUT2D eigenvalue weighted by Crippen LogP contribution is 2.47. The van der Waals surface area contributed by atoms with Gasteiger partial charge < -0.3 is 29.2 Å². The predicted molar refractivity (Wildman–Crippen MR) is 152 cm³/mol. The summed E-state index contributed by atoms with van der Waals surface area (Å²) in [5.41, 5.74) is 3.14. The fraction of sp³-hybridized carbons (Fsp3) is 0.576. The van der Waals surface area contributed by atoms with E-state index in [0.29, 0.717) is 37.2 Å². The second-order valence-electron chi connectivity index (χ2n) is 12.0. The van der Waals surface area contributed by atoms with Crippen molar-refractivity contribution in [3.63, 3.8) is 0 Å². The van der Waals surface area contributed by atoms with E-state index in [1.165, 1.54) is 21.1 Å². The number of ether oxygens (including phenoxy) is 4. The van der Waals surface area contributed by atoms with Gasteiger partial charge in [0.1, 0.15) is 12.2 Å². The third-order valence-electron chi connectivity index (χ3n) is 9.37. The molecule has 8 nitrogen and oxygen atoms in total. The highest BCUT2D eigenvalue weighted by Gasteiger charge is 2.42. The van der Waals surface area contributed by atoms with Crippen LogP contribution in [0.15, 0.2) is 30.3 Å². The highest BCUT2D eigenvalue weighted by atomic mass is 16.6. The summed E-state index contributed by atoms with van der Waals surface area (Å²) in [6.45, 7) is 1.43. The minimum atomic E-state index is -0.421. The van der Waals surface area contributed by atoms with Crippen LogP contribution in [-0.2, 0) is 31.9 Å². The second-order valence-corrected chi connectivity index (χ2v) is 12.0. The van der Waals surface area contributed by atoms with Crippen LogP contribution in [0.25, 0.3) is 0 Å². The van der Waals surface area contributed by atoms with Gasteiger partial charge in [0.15, 0.2) is 23.0 Å². The fourth-order valence-electron chi connectivity index (χ4n) is 7.32. The number of carbonyl (C=O) groups is 2. The molecule has 0 aliphatic heterocycles. The number of phenols is 2. The zero-order valence-electron chi connectivity index (χ0n) is 24.3. The van der Waals surface area contributed by atoms with Gasteiger partial charge in [0.05, 0.1) is 20.1 Å². The van der Waals surface area contributed by atoms with Crippen LogP contribution >= 0.6 is 0 Å². The van der Waals surface area contributed by atoms with Crippen molar-refractivity contribution in [3.05, 3.63) is 47.0 Å². The largest absolute Gasteiger partial charge is 0.504 e. The van der Waals surface area contributed by atoms with Crippen molar-refractivity contribution in [1.82, 2.24) is 0 Å². The number of fused-ring (bicyclic) bond motifs is 2. The smallest absolute Gasteiger partial charge is 0.309 e. The molecule has 0 bridgehead atoms. The molecule has 3 aliphatic rings. The van der Waals surface area contributed by atoms with Crippen molar-refractivity contribution >= 4 is 11.9 Å². The zero-order chi connectivity index (χ0) is 29.1. The Hall–Kier alpha value is -3.42. The van der Waals surface area contributed by atoms with Gasteiger partial charge >= 0.3 is 11.9 Å². The molecule has 222 valence electrons. The number of methoxy groups -OCH3 is 2. The molecule has 0 radical (unpaired) electrons. The summed E-state index contributed by atoms with van der Waals surface area (Å²) in [7, 11) is 3.07. The summed E-state index contributed by atoms with van der Waals surface area (Å²) in [5.74, 6) is 0.609. The van der Waals surface area contributed by atoms with Crippen molar-refractivity contribution in [2.75, 3.05) is 14.2 Å². The molecule has 5 rings (SSSR count). The molecular formula is C33H42O8. The second kappa shape index (κ2) is 12.6. The molecule has 0 spiro atoms. The number of esters is 2. The summed E-state index contributed by atoms with van der Waals surface area (Å²) >= 11 is 0. The minimum absolute atomic E-state index is 0.00154. The average Bonchev–Trinajstić information content (AvgIpc) is 2.95. The van der Waals surface area contributed by atoms with Crippen molar-refractivity contribution in [2.45, 2.75) is 89.3 Å². The van der Waals surface area contributed by atoms with Crippen LogP contribution in [0.2, 0.25) is 0 Å². The lowest BCUT2D eigenvalue weighted by Gasteiger charge is -2.43. The van der Waals surface area contributed by atoms with Crippen LogP contribution in [0, 0.1) is 17.8 Å². The lowest BCUT2D eigenvalue weighted by Crippen LogP contribution is -2.43. The molecule has 5 atom stereocenters. The van der Waals surface area contributed by atoms with Crippen LogP contribution in [0.5, 0.6) is 23.0 Å². The summed E-state index contributed by atoms with van der Waals surface area (Å²) in [4.78, 5) is 25.6.